The maximum Gasteiger partial charge on any atom is 0.237 e. The third kappa shape index (κ3) is 3.80. The zero-order valence-electron chi connectivity index (χ0n) is 9.62. The molecule has 88 valence electrons. The molecule has 0 aromatic heterocycles. The van der Waals surface area contributed by atoms with E-state index in [4.69, 9.17) is 0 Å². The lowest BCUT2D eigenvalue weighted by Crippen LogP contribution is -2.43. The minimum Gasteiger partial charge on any atom is -0.393 e. The molecule has 1 fully saturated rings. The average Bonchev–Trinajstić information content (AvgIpc) is 2.64. The van der Waals surface area contributed by atoms with Gasteiger partial charge in [0.15, 0.2) is 0 Å². The fraction of sp³-hybridized carbons (Fsp3) is 0.909. The van der Waals surface area contributed by atoms with Crippen LogP contribution in [0, 0.1) is 5.92 Å². The fourth-order valence-corrected chi connectivity index (χ4v) is 1.86. The van der Waals surface area contributed by atoms with Crippen LogP contribution < -0.4 is 10.6 Å². The minimum absolute atomic E-state index is 0.0382. The Morgan fingerprint density at radius 2 is 2.40 bits per heavy atom. The highest BCUT2D eigenvalue weighted by Gasteiger charge is 2.28. The summed E-state index contributed by atoms with van der Waals surface area (Å²) in [5, 5.41) is 15.4. The number of amides is 1. The van der Waals surface area contributed by atoms with Gasteiger partial charge in [0.2, 0.25) is 5.91 Å². The number of rotatable bonds is 5. The lowest BCUT2D eigenvalue weighted by atomic mass is 10.0. The number of aliphatic hydroxyl groups excluding tert-OH is 1. The Bertz CT molecular complexity index is 209. The standard InChI is InChI=1S/C11H22N2O2/c1-3-9(14)5-7-13-11(15)10-8(2)4-6-12-10/h8-10,12,14H,3-7H2,1-2H3,(H,13,15). The molecular weight excluding hydrogens is 192 g/mol. The van der Waals surface area contributed by atoms with Gasteiger partial charge in [-0.25, -0.2) is 0 Å². The maximum absolute atomic E-state index is 11.7. The third-order valence-corrected chi connectivity index (χ3v) is 3.06. The van der Waals surface area contributed by atoms with Gasteiger partial charge in [0, 0.05) is 6.54 Å². The van der Waals surface area contributed by atoms with Crippen molar-refractivity contribution in [2.45, 2.75) is 45.3 Å². The van der Waals surface area contributed by atoms with Crippen LogP contribution in [-0.2, 0) is 4.79 Å². The van der Waals surface area contributed by atoms with Gasteiger partial charge in [-0.3, -0.25) is 4.79 Å². The van der Waals surface area contributed by atoms with E-state index in [2.05, 4.69) is 17.6 Å². The molecule has 1 saturated heterocycles. The first-order chi connectivity index (χ1) is 7.15. The average molecular weight is 214 g/mol. The van der Waals surface area contributed by atoms with Crippen molar-refractivity contribution in [3.63, 3.8) is 0 Å². The second-order valence-corrected chi connectivity index (χ2v) is 4.34. The molecule has 1 aliphatic rings. The molecule has 1 rings (SSSR count). The van der Waals surface area contributed by atoms with Crippen molar-refractivity contribution in [2.75, 3.05) is 13.1 Å². The normalized spacial score (nSPS) is 27.7. The van der Waals surface area contributed by atoms with Crippen molar-refractivity contribution in [3.05, 3.63) is 0 Å². The highest BCUT2D eigenvalue weighted by atomic mass is 16.3. The van der Waals surface area contributed by atoms with E-state index in [0.717, 1.165) is 19.4 Å². The summed E-state index contributed by atoms with van der Waals surface area (Å²) in [5.41, 5.74) is 0. The smallest absolute Gasteiger partial charge is 0.237 e. The van der Waals surface area contributed by atoms with Crippen LogP contribution in [0.4, 0.5) is 0 Å². The van der Waals surface area contributed by atoms with E-state index in [1.54, 1.807) is 0 Å². The molecule has 3 unspecified atom stereocenters. The number of carbonyl (C=O) groups is 1. The summed E-state index contributed by atoms with van der Waals surface area (Å²) in [5.74, 6) is 0.490. The first-order valence-corrected chi connectivity index (χ1v) is 5.84. The van der Waals surface area contributed by atoms with Crippen LogP contribution in [0.5, 0.6) is 0 Å². The van der Waals surface area contributed by atoms with Gasteiger partial charge in [0.05, 0.1) is 12.1 Å². The predicted octanol–water partition coefficient (Wildman–Crippen LogP) is 0.262. The van der Waals surface area contributed by atoms with Crippen molar-refractivity contribution < 1.29 is 9.90 Å². The first-order valence-electron chi connectivity index (χ1n) is 5.84. The van der Waals surface area contributed by atoms with Crippen molar-refractivity contribution in [1.29, 1.82) is 0 Å². The Morgan fingerprint density at radius 3 is 2.93 bits per heavy atom. The third-order valence-electron chi connectivity index (χ3n) is 3.06. The molecule has 0 aliphatic carbocycles. The highest BCUT2D eigenvalue weighted by Crippen LogP contribution is 2.14. The van der Waals surface area contributed by atoms with Crippen molar-refractivity contribution in [3.8, 4) is 0 Å². The van der Waals surface area contributed by atoms with Gasteiger partial charge in [-0.05, 0) is 31.7 Å². The largest absolute Gasteiger partial charge is 0.393 e. The molecule has 3 N–H and O–H groups in total. The van der Waals surface area contributed by atoms with E-state index in [9.17, 15) is 9.90 Å². The molecule has 1 aliphatic heterocycles. The lowest BCUT2D eigenvalue weighted by Gasteiger charge is -2.16. The molecule has 4 nitrogen and oxygen atoms in total. The first kappa shape index (κ1) is 12.5. The molecule has 0 spiro atoms. The van der Waals surface area contributed by atoms with Crippen molar-refractivity contribution in [2.24, 2.45) is 5.92 Å². The Morgan fingerprint density at radius 1 is 1.67 bits per heavy atom. The maximum atomic E-state index is 11.7. The van der Waals surface area contributed by atoms with E-state index < -0.39 is 0 Å². The summed E-state index contributed by atoms with van der Waals surface area (Å²) in [4.78, 5) is 11.7. The molecule has 1 amide bonds. The Balaban J connectivity index is 2.18. The number of carbonyl (C=O) groups excluding carboxylic acids is 1. The Hall–Kier alpha value is -0.610. The van der Waals surface area contributed by atoms with Gasteiger partial charge < -0.3 is 15.7 Å². The SMILES string of the molecule is CCC(O)CCNC(=O)C1NCCC1C. The van der Waals surface area contributed by atoms with Gasteiger partial charge in [0.1, 0.15) is 0 Å². The van der Waals surface area contributed by atoms with Crippen LogP contribution in [0.3, 0.4) is 0 Å². The molecule has 3 atom stereocenters. The van der Waals surface area contributed by atoms with Gasteiger partial charge in [-0.2, -0.15) is 0 Å². The summed E-state index contributed by atoms with van der Waals surface area (Å²) in [6.45, 7) is 5.52. The molecular formula is C11H22N2O2. The van der Waals surface area contributed by atoms with E-state index in [1.165, 1.54) is 0 Å². The van der Waals surface area contributed by atoms with E-state index >= 15 is 0 Å². The van der Waals surface area contributed by atoms with Crippen molar-refractivity contribution in [1.82, 2.24) is 10.6 Å². The van der Waals surface area contributed by atoms with Crippen LogP contribution in [-0.4, -0.2) is 36.2 Å². The zero-order chi connectivity index (χ0) is 11.3. The van der Waals surface area contributed by atoms with Crippen LogP contribution in [0.25, 0.3) is 0 Å². The zero-order valence-corrected chi connectivity index (χ0v) is 9.62. The number of hydrogen-bond donors (Lipinski definition) is 3. The molecule has 4 heteroatoms. The monoisotopic (exact) mass is 214 g/mol. The topological polar surface area (TPSA) is 61.4 Å². The van der Waals surface area contributed by atoms with Gasteiger partial charge in [-0.15, -0.1) is 0 Å². The van der Waals surface area contributed by atoms with Crippen LogP contribution in [0.1, 0.15) is 33.1 Å². The lowest BCUT2D eigenvalue weighted by molar-refractivity contribution is -0.123. The van der Waals surface area contributed by atoms with Gasteiger partial charge in [-0.1, -0.05) is 13.8 Å². The van der Waals surface area contributed by atoms with Gasteiger partial charge in [0.25, 0.3) is 0 Å². The molecule has 15 heavy (non-hydrogen) atoms. The van der Waals surface area contributed by atoms with Gasteiger partial charge >= 0.3 is 0 Å². The summed E-state index contributed by atoms with van der Waals surface area (Å²) >= 11 is 0. The molecule has 0 aromatic rings. The molecule has 0 bridgehead atoms. The van der Waals surface area contributed by atoms with E-state index in [-0.39, 0.29) is 18.1 Å². The van der Waals surface area contributed by atoms with Crippen LogP contribution >= 0.6 is 0 Å². The minimum atomic E-state index is -0.292. The number of hydrogen-bond acceptors (Lipinski definition) is 3. The van der Waals surface area contributed by atoms with Crippen molar-refractivity contribution >= 4 is 5.91 Å². The predicted molar refractivity (Wildman–Crippen MR) is 59.5 cm³/mol. The van der Waals surface area contributed by atoms with E-state index in [0.29, 0.717) is 18.9 Å². The Labute approximate surface area is 91.4 Å². The summed E-state index contributed by atoms with van der Waals surface area (Å²) in [7, 11) is 0. The number of aliphatic hydroxyl groups is 1. The fourth-order valence-electron chi connectivity index (χ4n) is 1.86. The summed E-state index contributed by atoms with van der Waals surface area (Å²) < 4.78 is 0. The molecule has 1 heterocycles. The molecule has 0 saturated carbocycles. The van der Waals surface area contributed by atoms with Crippen LogP contribution in [0.2, 0.25) is 0 Å². The second-order valence-electron chi connectivity index (χ2n) is 4.34. The summed E-state index contributed by atoms with van der Waals surface area (Å²) in [6.07, 6.45) is 2.16. The molecule has 0 aromatic carbocycles. The second kappa shape index (κ2) is 6.08. The quantitative estimate of drug-likeness (QED) is 0.615. The number of nitrogens with one attached hydrogen (secondary N) is 2. The Kier molecular flexibility index (Phi) is 5.05. The van der Waals surface area contributed by atoms with Crippen LogP contribution in [0.15, 0.2) is 0 Å². The van der Waals surface area contributed by atoms with E-state index in [1.807, 2.05) is 6.92 Å². The molecule has 0 radical (unpaired) electrons. The highest BCUT2D eigenvalue weighted by molar-refractivity contribution is 5.82. The summed E-state index contributed by atoms with van der Waals surface area (Å²) in [6, 6.07) is -0.0382.